The van der Waals surface area contributed by atoms with E-state index in [1.54, 1.807) is 11.0 Å². The van der Waals surface area contributed by atoms with Crippen LogP contribution in [0.5, 0.6) is 0 Å². The average Bonchev–Trinajstić information content (AvgIpc) is 2.94. The molecule has 1 aliphatic heterocycles. The Morgan fingerprint density at radius 2 is 1.96 bits per heavy atom. The molecule has 0 radical (unpaired) electrons. The Morgan fingerprint density at radius 3 is 2.65 bits per heavy atom. The summed E-state index contributed by atoms with van der Waals surface area (Å²) < 4.78 is 27.3. The fourth-order valence-corrected chi connectivity index (χ4v) is 2.45. The summed E-state index contributed by atoms with van der Waals surface area (Å²) in [5, 5.41) is 0. The van der Waals surface area contributed by atoms with Crippen LogP contribution in [0.3, 0.4) is 0 Å². The third-order valence-corrected chi connectivity index (χ3v) is 3.59. The minimum absolute atomic E-state index is 0.111. The lowest BCUT2D eigenvalue weighted by Gasteiger charge is -2.20. The molecule has 23 heavy (non-hydrogen) atoms. The highest BCUT2D eigenvalue weighted by Crippen LogP contribution is 2.28. The van der Waals surface area contributed by atoms with Crippen molar-refractivity contribution in [2.75, 3.05) is 6.54 Å². The molecule has 0 saturated heterocycles. The summed E-state index contributed by atoms with van der Waals surface area (Å²) in [4.78, 5) is 13.4. The second-order valence-corrected chi connectivity index (χ2v) is 5.25. The SMILES string of the molecule is C\C=C/C=C\C=C\[C@@H]1C=C(c2cc(F)ccc2F)CN1C(C)=O. The highest BCUT2D eigenvalue weighted by Gasteiger charge is 2.26. The van der Waals surface area contributed by atoms with Crippen molar-refractivity contribution in [3.8, 4) is 0 Å². The number of rotatable bonds is 4. The van der Waals surface area contributed by atoms with Crippen LogP contribution in [0.4, 0.5) is 8.78 Å². The van der Waals surface area contributed by atoms with Crippen LogP contribution in [-0.4, -0.2) is 23.4 Å². The molecule has 120 valence electrons. The molecular formula is C19H19F2NO. The molecule has 4 heteroatoms. The molecular weight excluding hydrogens is 296 g/mol. The summed E-state index contributed by atoms with van der Waals surface area (Å²) in [6.07, 6.45) is 13.0. The van der Waals surface area contributed by atoms with Gasteiger partial charge in [-0.2, -0.15) is 0 Å². The lowest BCUT2D eigenvalue weighted by Crippen LogP contribution is -2.33. The lowest BCUT2D eigenvalue weighted by molar-refractivity contribution is -0.128. The number of hydrogen-bond donors (Lipinski definition) is 0. The van der Waals surface area contributed by atoms with E-state index in [2.05, 4.69) is 0 Å². The minimum atomic E-state index is -0.495. The molecule has 0 unspecified atom stereocenters. The van der Waals surface area contributed by atoms with Crippen LogP contribution in [0, 0.1) is 11.6 Å². The van der Waals surface area contributed by atoms with Crippen molar-refractivity contribution < 1.29 is 13.6 Å². The van der Waals surface area contributed by atoms with E-state index in [1.165, 1.54) is 6.92 Å². The van der Waals surface area contributed by atoms with E-state index in [9.17, 15) is 13.6 Å². The smallest absolute Gasteiger partial charge is 0.220 e. The Morgan fingerprint density at radius 1 is 1.22 bits per heavy atom. The standard InChI is InChI=1S/C19H19F2NO/c1-3-4-5-6-7-8-17-11-15(13-22(17)14(2)23)18-12-16(20)9-10-19(18)21/h3-12,17H,13H2,1-2H3/b4-3-,6-5-,8-7+/t17-/m1/s1. The first kappa shape index (κ1) is 16.9. The van der Waals surface area contributed by atoms with Crippen molar-refractivity contribution >= 4 is 11.5 Å². The molecule has 0 aromatic heterocycles. The van der Waals surface area contributed by atoms with Crippen molar-refractivity contribution in [2.24, 2.45) is 0 Å². The van der Waals surface area contributed by atoms with E-state index in [0.717, 1.165) is 18.2 Å². The van der Waals surface area contributed by atoms with Crippen LogP contribution in [0.2, 0.25) is 0 Å². The van der Waals surface area contributed by atoms with Gasteiger partial charge in [0.05, 0.1) is 6.04 Å². The fraction of sp³-hybridized carbons (Fsp3) is 0.211. The molecule has 1 aliphatic rings. The molecule has 0 fully saturated rings. The van der Waals surface area contributed by atoms with Gasteiger partial charge in [0.2, 0.25) is 5.91 Å². The summed E-state index contributed by atoms with van der Waals surface area (Å²) in [5.41, 5.74) is 0.820. The van der Waals surface area contributed by atoms with Crippen LogP contribution in [0.25, 0.3) is 5.57 Å². The minimum Gasteiger partial charge on any atom is -0.329 e. The zero-order valence-corrected chi connectivity index (χ0v) is 13.2. The summed E-state index contributed by atoms with van der Waals surface area (Å²) in [7, 11) is 0. The number of amides is 1. The Labute approximate surface area is 135 Å². The number of halogens is 2. The number of hydrogen-bond acceptors (Lipinski definition) is 1. The molecule has 1 amide bonds. The molecule has 2 rings (SSSR count). The molecule has 0 aliphatic carbocycles. The van der Waals surface area contributed by atoms with Gasteiger partial charge in [-0.05, 0) is 30.7 Å². The van der Waals surface area contributed by atoms with Crippen molar-refractivity contribution in [1.29, 1.82) is 0 Å². The third kappa shape index (κ3) is 4.25. The number of nitrogens with zero attached hydrogens (tertiary/aromatic N) is 1. The van der Waals surface area contributed by atoms with Gasteiger partial charge in [0.1, 0.15) is 11.6 Å². The fourth-order valence-electron chi connectivity index (χ4n) is 2.45. The van der Waals surface area contributed by atoms with Gasteiger partial charge in [-0.1, -0.05) is 42.5 Å². The first-order chi connectivity index (χ1) is 11.0. The van der Waals surface area contributed by atoms with Gasteiger partial charge in [-0.3, -0.25) is 4.79 Å². The van der Waals surface area contributed by atoms with E-state index in [-0.39, 0.29) is 24.1 Å². The van der Waals surface area contributed by atoms with Crippen LogP contribution in [0.1, 0.15) is 19.4 Å². The van der Waals surface area contributed by atoms with Crippen molar-refractivity contribution in [3.05, 3.63) is 77.9 Å². The van der Waals surface area contributed by atoms with Crippen LogP contribution < -0.4 is 0 Å². The van der Waals surface area contributed by atoms with Gasteiger partial charge in [-0.25, -0.2) is 8.78 Å². The van der Waals surface area contributed by atoms with Gasteiger partial charge in [0.25, 0.3) is 0 Å². The molecule has 2 nitrogen and oxygen atoms in total. The van der Waals surface area contributed by atoms with Crippen LogP contribution >= 0.6 is 0 Å². The van der Waals surface area contributed by atoms with Crippen molar-refractivity contribution in [2.45, 2.75) is 19.9 Å². The summed E-state index contributed by atoms with van der Waals surface area (Å²) in [6.45, 7) is 3.66. The number of allylic oxidation sites excluding steroid dienone is 5. The first-order valence-electron chi connectivity index (χ1n) is 7.42. The van der Waals surface area contributed by atoms with E-state index < -0.39 is 11.6 Å². The zero-order valence-electron chi connectivity index (χ0n) is 13.2. The number of carbonyl (C=O) groups is 1. The molecule has 0 N–H and O–H groups in total. The Kier molecular flexibility index (Phi) is 5.63. The van der Waals surface area contributed by atoms with Crippen LogP contribution in [0.15, 0.2) is 60.7 Å². The molecule has 0 saturated carbocycles. The predicted octanol–water partition coefficient (Wildman–Crippen LogP) is 4.27. The van der Waals surface area contributed by atoms with Crippen LogP contribution in [-0.2, 0) is 4.79 Å². The second-order valence-electron chi connectivity index (χ2n) is 5.25. The van der Waals surface area contributed by atoms with Gasteiger partial charge >= 0.3 is 0 Å². The van der Waals surface area contributed by atoms with Gasteiger partial charge in [0, 0.05) is 19.0 Å². The Hall–Kier alpha value is -2.49. The molecule has 1 heterocycles. The van der Waals surface area contributed by atoms with E-state index >= 15 is 0 Å². The summed E-state index contributed by atoms with van der Waals surface area (Å²) >= 11 is 0. The van der Waals surface area contributed by atoms with E-state index in [1.807, 2.05) is 43.4 Å². The van der Waals surface area contributed by atoms with E-state index in [0.29, 0.717) is 5.57 Å². The molecule has 0 spiro atoms. The van der Waals surface area contributed by atoms with Crippen molar-refractivity contribution in [3.63, 3.8) is 0 Å². The monoisotopic (exact) mass is 315 g/mol. The highest BCUT2D eigenvalue weighted by atomic mass is 19.1. The molecule has 1 atom stereocenters. The summed E-state index contributed by atoms with van der Waals surface area (Å²) in [5.74, 6) is -1.09. The topological polar surface area (TPSA) is 20.3 Å². The molecule has 1 aromatic carbocycles. The normalized spacial score (nSPS) is 18.5. The lowest BCUT2D eigenvalue weighted by atomic mass is 10.1. The zero-order chi connectivity index (χ0) is 16.8. The largest absolute Gasteiger partial charge is 0.329 e. The maximum Gasteiger partial charge on any atom is 0.220 e. The average molecular weight is 315 g/mol. The van der Waals surface area contributed by atoms with Crippen molar-refractivity contribution in [1.82, 2.24) is 4.90 Å². The maximum absolute atomic E-state index is 13.9. The highest BCUT2D eigenvalue weighted by molar-refractivity contribution is 5.81. The third-order valence-electron chi connectivity index (χ3n) is 3.59. The van der Waals surface area contributed by atoms with Gasteiger partial charge in [0.15, 0.2) is 0 Å². The van der Waals surface area contributed by atoms with Gasteiger partial charge in [-0.15, -0.1) is 0 Å². The van der Waals surface area contributed by atoms with Gasteiger partial charge < -0.3 is 4.90 Å². The Balaban J connectivity index is 2.27. The molecule has 1 aromatic rings. The predicted molar refractivity (Wildman–Crippen MR) is 88.6 cm³/mol. The maximum atomic E-state index is 13.9. The second kappa shape index (κ2) is 7.68. The Bertz CT molecular complexity index is 701. The first-order valence-corrected chi connectivity index (χ1v) is 7.42. The summed E-state index contributed by atoms with van der Waals surface area (Å²) in [6, 6.07) is 3.09. The van der Waals surface area contributed by atoms with E-state index in [4.69, 9.17) is 0 Å². The number of carbonyl (C=O) groups excluding carboxylic acids is 1. The number of benzene rings is 1. The quantitative estimate of drug-likeness (QED) is 0.760. The molecule has 0 bridgehead atoms.